The van der Waals surface area contributed by atoms with E-state index in [1.165, 1.54) is 12.1 Å². The first-order chi connectivity index (χ1) is 8.65. The fraction of sp³-hybridized carbons (Fsp3) is 0.200. The van der Waals surface area contributed by atoms with Gasteiger partial charge in [-0.3, -0.25) is 0 Å². The molecule has 0 aliphatic heterocycles. The highest BCUT2D eigenvalue weighted by Crippen LogP contribution is 2.36. The van der Waals surface area contributed by atoms with Crippen LogP contribution in [0.1, 0.15) is 23.6 Å². The highest BCUT2D eigenvalue weighted by molar-refractivity contribution is 5.70. The van der Waals surface area contributed by atoms with Crippen molar-refractivity contribution < 1.29 is 8.78 Å². The molecule has 0 fully saturated rings. The average molecular weight is 245 g/mol. The van der Waals surface area contributed by atoms with E-state index in [0.717, 1.165) is 35.6 Å². The van der Waals surface area contributed by atoms with E-state index < -0.39 is 11.6 Å². The highest BCUT2D eigenvalue weighted by atomic mass is 19.1. The van der Waals surface area contributed by atoms with Crippen LogP contribution >= 0.6 is 0 Å². The fourth-order valence-corrected chi connectivity index (χ4v) is 2.67. The standard InChI is InChI=1S/C15H13F2N/c16-10-6-9(7-11(17)8-10)12-2-1-3-14-13(12)4-5-15(14)18/h1-3,6-8,15H,4-5,18H2. The third kappa shape index (κ3) is 1.81. The van der Waals surface area contributed by atoms with E-state index in [4.69, 9.17) is 5.73 Å². The Balaban J connectivity index is 2.18. The zero-order valence-electron chi connectivity index (χ0n) is 9.79. The van der Waals surface area contributed by atoms with Crippen molar-refractivity contribution in [3.05, 3.63) is 59.2 Å². The quantitative estimate of drug-likeness (QED) is 0.816. The molecule has 0 saturated heterocycles. The largest absolute Gasteiger partial charge is 0.324 e. The summed E-state index contributed by atoms with van der Waals surface area (Å²) in [7, 11) is 0. The summed E-state index contributed by atoms with van der Waals surface area (Å²) in [5, 5.41) is 0. The van der Waals surface area contributed by atoms with Crippen LogP contribution in [-0.4, -0.2) is 0 Å². The van der Waals surface area contributed by atoms with Crippen LogP contribution in [0.2, 0.25) is 0 Å². The van der Waals surface area contributed by atoms with Crippen molar-refractivity contribution in [1.29, 1.82) is 0 Å². The Morgan fingerprint density at radius 1 is 1.06 bits per heavy atom. The zero-order valence-corrected chi connectivity index (χ0v) is 9.79. The van der Waals surface area contributed by atoms with Crippen molar-refractivity contribution >= 4 is 0 Å². The summed E-state index contributed by atoms with van der Waals surface area (Å²) in [6, 6.07) is 9.43. The van der Waals surface area contributed by atoms with Gasteiger partial charge in [-0.15, -0.1) is 0 Å². The van der Waals surface area contributed by atoms with Gasteiger partial charge < -0.3 is 5.73 Å². The second kappa shape index (κ2) is 4.18. The Labute approximate surface area is 104 Å². The van der Waals surface area contributed by atoms with E-state index in [-0.39, 0.29) is 6.04 Å². The number of halogens is 2. The molecule has 1 nitrogen and oxygen atoms in total. The molecule has 3 heteroatoms. The van der Waals surface area contributed by atoms with Crippen LogP contribution in [0.5, 0.6) is 0 Å². The van der Waals surface area contributed by atoms with Crippen LogP contribution in [0.3, 0.4) is 0 Å². The molecule has 1 unspecified atom stereocenters. The van der Waals surface area contributed by atoms with Crippen molar-refractivity contribution in [3.63, 3.8) is 0 Å². The van der Waals surface area contributed by atoms with Gasteiger partial charge in [0.15, 0.2) is 0 Å². The van der Waals surface area contributed by atoms with E-state index in [1.54, 1.807) is 0 Å². The van der Waals surface area contributed by atoms with E-state index >= 15 is 0 Å². The summed E-state index contributed by atoms with van der Waals surface area (Å²) in [4.78, 5) is 0. The van der Waals surface area contributed by atoms with Gasteiger partial charge in [-0.25, -0.2) is 8.78 Å². The Bertz CT molecular complexity index is 587. The summed E-state index contributed by atoms with van der Waals surface area (Å²) >= 11 is 0. The van der Waals surface area contributed by atoms with Crippen molar-refractivity contribution in [2.24, 2.45) is 5.73 Å². The van der Waals surface area contributed by atoms with Gasteiger partial charge in [0.2, 0.25) is 0 Å². The smallest absolute Gasteiger partial charge is 0.126 e. The van der Waals surface area contributed by atoms with Crippen LogP contribution in [0.4, 0.5) is 8.78 Å². The number of benzene rings is 2. The molecule has 1 aliphatic rings. The molecule has 0 amide bonds. The zero-order chi connectivity index (χ0) is 12.7. The van der Waals surface area contributed by atoms with E-state index in [1.807, 2.05) is 18.2 Å². The van der Waals surface area contributed by atoms with E-state index in [2.05, 4.69) is 0 Å². The fourth-order valence-electron chi connectivity index (χ4n) is 2.67. The molecule has 18 heavy (non-hydrogen) atoms. The first kappa shape index (κ1) is 11.4. The molecule has 1 aliphatic carbocycles. The third-order valence-corrected chi connectivity index (χ3v) is 3.49. The minimum atomic E-state index is -0.551. The van der Waals surface area contributed by atoms with Crippen molar-refractivity contribution in [3.8, 4) is 11.1 Å². The molecule has 1 atom stereocenters. The predicted molar refractivity (Wildman–Crippen MR) is 67.0 cm³/mol. The van der Waals surface area contributed by atoms with Gasteiger partial charge in [0.25, 0.3) is 0 Å². The van der Waals surface area contributed by atoms with Gasteiger partial charge in [0.05, 0.1) is 0 Å². The molecule has 92 valence electrons. The summed E-state index contributed by atoms with van der Waals surface area (Å²) in [5.74, 6) is -1.10. The van der Waals surface area contributed by atoms with Crippen LogP contribution in [0.15, 0.2) is 36.4 Å². The molecule has 0 saturated carbocycles. The molecule has 3 rings (SSSR count). The SMILES string of the molecule is NC1CCc2c(-c3cc(F)cc(F)c3)cccc21. The minimum absolute atomic E-state index is 0.0401. The molecule has 2 aromatic rings. The third-order valence-electron chi connectivity index (χ3n) is 3.49. The first-order valence-electron chi connectivity index (χ1n) is 5.99. The van der Waals surface area contributed by atoms with E-state index in [9.17, 15) is 8.78 Å². The molecular formula is C15H13F2N. The Morgan fingerprint density at radius 2 is 1.78 bits per heavy atom. The van der Waals surface area contributed by atoms with Crippen molar-refractivity contribution in [2.75, 3.05) is 0 Å². The van der Waals surface area contributed by atoms with Gasteiger partial charge in [-0.1, -0.05) is 18.2 Å². The molecule has 0 aromatic heterocycles. The van der Waals surface area contributed by atoms with Crippen LogP contribution in [0, 0.1) is 11.6 Å². The second-order valence-electron chi connectivity index (χ2n) is 4.68. The van der Waals surface area contributed by atoms with Gasteiger partial charge in [-0.2, -0.15) is 0 Å². The second-order valence-corrected chi connectivity index (χ2v) is 4.68. The van der Waals surface area contributed by atoms with Crippen LogP contribution in [0.25, 0.3) is 11.1 Å². The molecule has 2 aromatic carbocycles. The Morgan fingerprint density at radius 3 is 2.50 bits per heavy atom. The number of nitrogens with two attached hydrogens (primary N) is 1. The highest BCUT2D eigenvalue weighted by Gasteiger charge is 2.22. The lowest BCUT2D eigenvalue weighted by atomic mass is 9.96. The Kier molecular flexibility index (Phi) is 2.63. The lowest BCUT2D eigenvalue weighted by Crippen LogP contribution is -2.04. The topological polar surface area (TPSA) is 26.0 Å². The van der Waals surface area contributed by atoms with Gasteiger partial charge in [-0.05, 0) is 47.2 Å². The first-order valence-corrected chi connectivity index (χ1v) is 5.99. The average Bonchev–Trinajstić information content (AvgIpc) is 2.70. The maximum atomic E-state index is 13.3. The summed E-state index contributed by atoms with van der Waals surface area (Å²) in [5.41, 5.74) is 9.69. The van der Waals surface area contributed by atoms with Crippen LogP contribution < -0.4 is 5.73 Å². The monoisotopic (exact) mass is 245 g/mol. The van der Waals surface area contributed by atoms with E-state index in [0.29, 0.717) is 5.56 Å². The maximum Gasteiger partial charge on any atom is 0.126 e. The number of hydrogen-bond acceptors (Lipinski definition) is 1. The number of rotatable bonds is 1. The summed E-state index contributed by atoms with van der Waals surface area (Å²) in [6.45, 7) is 0. The number of fused-ring (bicyclic) bond motifs is 1. The Hall–Kier alpha value is -1.74. The lowest BCUT2D eigenvalue weighted by molar-refractivity contribution is 0.584. The van der Waals surface area contributed by atoms with Crippen LogP contribution in [-0.2, 0) is 6.42 Å². The van der Waals surface area contributed by atoms with Gasteiger partial charge >= 0.3 is 0 Å². The molecule has 0 bridgehead atoms. The summed E-state index contributed by atoms with van der Waals surface area (Å²) < 4.78 is 26.6. The minimum Gasteiger partial charge on any atom is -0.324 e. The number of hydrogen-bond donors (Lipinski definition) is 1. The molecule has 2 N–H and O–H groups in total. The normalized spacial score (nSPS) is 17.8. The molecular weight excluding hydrogens is 232 g/mol. The van der Waals surface area contributed by atoms with Gasteiger partial charge in [0, 0.05) is 12.1 Å². The molecule has 0 heterocycles. The van der Waals surface area contributed by atoms with Crippen molar-refractivity contribution in [2.45, 2.75) is 18.9 Å². The van der Waals surface area contributed by atoms with Gasteiger partial charge in [0.1, 0.15) is 11.6 Å². The molecule has 0 radical (unpaired) electrons. The molecule has 0 spiro atoms. The van der Waals surface area contributed by atoms with Crippen molar-refractivity contribution in [1.82, 2.24) is 0 Å². The predicted octanol–water partition coefficient (Wildman–Crippen LogP) is 3.58. The summed E-state index contributed by atoms with van der Waals surface area (Å²) in [6.07, 6.45) is 1.76. The lowest BCUT2D eigenvalue weighted by Gasteiger charge is -2.10. The maximum absolute atomic E-state index is 13.3.